The summed E-state index contributed by atoms with van der Waals surface area (Å²) >= 11 is 0. The van der Waals surface area contributed by atoms with Gasteiger partial charge in [-0.2, -0.15) is 0 Å². The molecule has 41 heavy (non-hydrogen) atoms. The molecule has 3 fully saturated rings. The molecule has 0 spiro atoms. The molecule has 5 amide bonds. The van der Waals surface area contributed by atoms with Gasteiger partial charge in [0.05, 0.1) is 17.8 Å². The number of sulfonamides is 1. The first-order valence-corrected chi connectivity index (χ1v) is 16.3. The van der Waals surface area contributed by atoms with Crippen LogP contribution in [-0.2, 0) is 29.2 Å². The molecule has 0 aromatic heterocycles. The van der Waals surface area contributed by atoms with E-state index in [1.54, 1.807) is 27.7 Å². The second-order valence-corrected chi connectivity index (χ2v) is 14.4. The maximum absolute atomic E-state index is 13.8. The van der Waals surface area contributed by atoms with Gasteiger partial charge in [-0.15, -0.1) is 0 Å². The van der Waals surface area contributed by atoms with Crippen molar-refractivity contribution in [2.45, 2.75) is 109 Å². The molecule has 14 heteroatoms. The highest BCUT2D eigenvalue weighted by atomic mass is 32.2. The van der Waals surface area contributed by atoms with Crippen molar-refractivity contribution in [2.24, 2.45) is 5.41 Å². The van der Waals surface area contributed by atoms with Crippen LogP contribution in [0.5, 0.6) is 0 Å². The number of likely N-dealkylation sites (tertiary alicyclic amines) is 1. The number of amides is 5. The molecule has 0 aromatic rings. The molecule has 3 rings (SSSR count). The summed E-state index contributed by atoms with van der Waals surface area (Å²) in [5.74, 6) is -2.71. The van der Waals surface area contributed by atoms with Gasteiger partial charge in [0.2, 0.25) is 27.6 Å². The van der Waals surface area contributed by atoms with E-state index >= 15 is 0 Å². The average molecular weight is 599 g/mol. The largest absolute Gasteiger partial charge is 0.347 e. The average Bonchev–Trinajstić information content (AvgIpc) is 3.55. The van der Waals surface area contributed by atoms with Gasteiger partial charge in [0.15, 0.2) is 0 Å². The van der Waals surface area contributed by atoms with E-state index in [9.17, 15) is 32.4 Å². The summed E-state index contributed by atoms with van der Waals surface area (Å²) in [5, 5.41) is 10.7. The number of hydrogen-bond donors (Lipinski definition) is 5. The van der Waals surface area contributed by atoms with Gasteiger partial charge in [-0.25, -0.2) is 17.9 Å². The molecule has 3 aliphatic rings. The topological polar surface area (TPSA) is 183 Å². The summed E-state index contributed by atoms with van der Waals surface area (Å²) in [6, 6.07) is -2.46. The molecule has 0 bridgehead atoms. The van der Waals surface area contributed by atoms with Gasteiger partial charge < -0.3 is 26.2 Å². The van der Waals surface area contributed by atoms with E-state index in [0.717, 1.165) is 32.1 Å². The maximum Gasteiger partial charge on any atom is 0.315 e. The van der Waals surface area contributed by atoms with Crippen LogP contribution in [0.2, 0.25) is 0 Å². The SMILES string of the molecule is CCNS(=O)(=O)CC1(NC(=O)N[C@H](C(=O)N2CCC[C@H]2C(=O)NCC(=O)C(=O)NC2CC2)C(C)(C)C)CCCCC1. The standard InChI is InChI=1S/C27H46N6O7S/c1-5-29-41(39,40)17-27(13-7-6-8-14-27)32-25(38)31-21(26(2,3)4)24(37)33-15-9-10-19(33)22(35)28-16-20(34)23(36)30-18-11-12-18/h18-19,21,29H,5-17H2,1-4H3,(H,28,35)(H,30,36)(H2,31,32,38)/t19-,21+/m0/s1. The van der Waals surface area contributed by atoms with E-state index in [4.69, 9.17) is 0 Å². The van der Waals surface area contributed by atoms with Crippen LogP contribution in [0.25, 0.3) is 0 Å². The highest BCUT2D eigenvalue weighted by Gasteiger charge is 2.44. The third-order valence-corrected chi connectivity index (χ3v) is 9.50. The molecule has 0 radical (unpaired) electrons. The Balaban J connectivity index is 1.66. The minimum atomic E-state index is -3.62. The molecule has 0 aromatic carbocycles. The normalized spacial score (nSPS) is 21.5. The Hall–Kier alpha value is -2.74. The fraction of sp³-hybridized carbons (Fsp3) is 0.815. The second kappa shape index (κ2) is 13.5. The smallest absolute Gasteiger partial charge is 0.315 e. The van der Waals surface area contributed by atoms with Crippen LogP contribution in [0.15, 0.2) is 0 Å². The lowest BCUT2D eigenvalue weighted by molar-refractivity contribution is -0.142. The van der Waals surface area contributed by atoms with Crippen molar-refractivity contribution in [3.63, 3.8) is 0 Å². The predicted octanol–water partition coefficient (Wildman–Crippen LogP) is 0.297. The monoisotopic (exact) mass is 598 g/mol. The van der Waals surface area contributed by atoms with Gasteiger partial charge >= 0.3 is 6.03 Å². The number of carbonyl (C=O) groups is 5. The van der Waals surface area contributed by atoms with Crippen molar-refractivity contribution in [2.75, 3.05) is 25.4 Å². The maximum atomic E-state index is 13.8. The molecule has 1 aliphatic heterocycles. The van der Waals surface area contributed by atoms with Crippen LogP contribution in [0.1, 0.15) is 85.5 Å². The summed E-state index contributed by atoms with van der Waals surface area (Å²) in [4.78, 5) is 65.5. The molecular weight excluding hydrogens is 552 g/mol. The summed E-state index contributed by atoms with van der Waals surface area (Å²) < 4.78 is 27.7. The zero-order chi connectivity index (χ0) is 30.4. The van der Waals surface area contributed by atoms with Crippen LogP contribution in [0, 0.1) is 5.41 Å². The Morgan fingerprint density at radius 2 is 1.63 bits per heavy atom. The number of carbonyl (C=O) groups excluding carboxylic acids is 5. The molecule has 2 saturated carbocycles. The minimum absolute atomic E-state index is 0.0227. The van der Waals surface area contributed by atoms with Crippen LogP contribution < -0.4 is 26.0 Å². The van der Waals surface area contributed by atoms with E-state index < -0.39 is 69.1 Å². The molecule has 13 nitrogen and oxygen atoms in total. The Morgan fingerprint density at radius 3 is 2.22 bits per heavy atom. The number of nitrogens with zero attached hydrogens (tertiary/aromatic N) is 1. The predicted molar refractivity (Wildman–Crippen MR) is 152 cm³/mol. The number of ketones is 1. The fourth-order valence-electron chi connectivity index (χ4n) is 5.55. The van der Waals surface area contributed by atoms with E-state index in [0.29, 0.717) is 32.2 Å². The summed E-state index contributed by atoms with van der Waals surface area (Å²) in [6.07, 6.45) is 6.13. The summed E-state index contributed by atoms with van der Waals surface area (Å²) in [7, 11) is -3.62. The number of nitrogens with one attached hydrogen (secondary N) is 5. The zero-order valence-electron chi connectivity index (χ0n) is 24.6. The van der Waals surface area contributed by atoms with Crippen LogP contribution in [0.4, 0.5) is 4.79 Å². The van der Waals surface area contributed by atoms with E-state index in [1.165, 1.54) is 4.90 Å². The Kier molecular flexibility index (Phi) is 10.8. The van der Waals surface area contributed by atoms with E-state index in [-0.39, 0.29) is 18.3 Å². The lowest BCUT2D eigenvalue weighted by atomic mass is 9.83. The minimum Gasteiger partial charge on any atom is -0.347 e. The van der Waals surface area contributed by atoms with Crippen molar-refractivity contribution in [3.8, 4) is 0 Å². The van der Waals surface area contributed by atoms with Crippen molar-refractivity contribution < 1.29 is 32.4 Å². The highest BCUT2D eigenvalue weighted by molar-refractivity contribution is 7.89. The molecule has 2 atom stereocenters. The van der Waals surface area contributed by atoms with Crippen molar-refractivity contribution >= 4 is 39.6 Å². The Bertz CT molecular complexity index is 1110. The van der Waals surface area contributed by atoms with Gasteiger partial charge in [-0.3, -0.25) is 19.2 Å². The lowest BCUT2D eigenvalue weighted by Crippen LogP contribution is -2.63. The quantitative estimate of drug-likeness (QED) is 0.200. The highest BCUT2D eigenvalue weighted by Crippen LogP contribution is 2.30. The van der Waals surface area contributed by atoms with Crippen LogP contribution in [-0.4, -0.2) is 91.9 Å². The molecule has 0 unspecified atom stereocenters. The number of hydrogen-bond acceptors (Lipinski definition) is 7. The number of rotatable bonds is 12. The molecule has 1 saturated heterocycles. The van der Waals surface area contributed by atoms with E-state index in [1.807, 2.05) is 0 Å². The van der Waals surface area contributed by atoms with Gasteiger partial charge in [0.1, 0.15) is 12.1 Å². The van der Waals surface area contributed by atoms with Crippen molar-refractivity contribution in [3.05, 3.63) is 0 Å². The first-order valence-electron chi connectivity index (χ1n) is 14.6. The Labute approximate surface area is 242 Å². The second-order valence-electron chi connectivity index (χ2n) is 12.6. The van der Waals surface area contributed by atoms with Crippen molar-refractivity contribution in [1.82, 2.24) is 30.9 Å². The van der Waals surface area contributed by atoms with E-state index in [2.05, 4.69) is 26.0 Å². The van der Waals surface area contributed by atoms with Crippen molar-refractivity contribution in [1.29, 1.82) is 0 Å². The third kappa shape index (κ3) is 9.38. The lowest BCUT2D eigenvalue weighted by Gasteiger charge is -2.40. The molecule has 232 valence electrons. The van der Waals surface area contributed by atoms with Gasteiger partial charge in [-0.05, 0) is 43.9 Å². The zero-order valence-corrected chi connectivity index (χ0v) is 25.5. The van der Waals surface area contributed by atoms with Gasteiger partial charge in [-0.1, -0.05) is 47.0 Å². The number of Topliss-reactive ketones (excluding diaryl/α,β-unsaturated/α-hetero) is 1. The number of urea groups is 1. The van der Waals surface area contributed by atoms with Gasteiger partial charge in [0, 0.05) is 19.1 Å². The van der Waals surface area contributed by atoms with Crippen LogP contribution in [0.3, 0.4) is 0 Å². The first-order chi connectivity index (χ1) is 19.2. The van der Waals surface area contributed by atoms with Crippen LogP contribution >= 0.6 is 0 Å². The fourth-order valence-corrected chi connectivity index (χ4v) is 7.18. The third-order valence-electron chi connectivity index (χ3n) is 7.84. The van der Waals surface area contributed by atoms with Gasteiger partial charge in [0.25, 0.3) is 5.91 Å². The Morgan fingerprint density at radius 1 is 0.976 bits per heavy atom. The summed E-state index contributed by atoms with van der Waals surface area (Å²) in [6.45, 7) is 7.17. The molecule has 5 N–H and O–H groups in total. The molecule has 1 heterocycles. The summed E-state index contributed by atoms with van der Waals surface area (Å²) in [5.41, 5.74) is -1.69. The molecule has 2 aliphatic carbocycles. The molecular formula is C27H46N6O7S. The first kappa shape index (κ1) is 32.8.